The lowest BCUT2D eigenvalue weighted by atomic mass is 9.53. The van der Waals surface area contributed by atoms with Crippen molar-refractivity contribution in [3.05, 3.63) is 35.9 Å². The van der Waals surface area contributed by atoms with E-state index in [9.17, 15) is 9.90 Å². The van der Waals surface area contributed by atoms with Gasteiger partial charge in [-0.1, -0.05) is 6.07 Å². The van der Waals surface area contributed by atoms with Crippen molar-refractivity contribution in [2.24, 2.45) is 17.8 Å². The van der Waals surface area contributed by atoms with Crippen LogP contribution in [0.4, 0.5) is 0 Å². The van der Waals surface area contributed by atoms with Crippen molar-refractivity contribution in [1.29, 1.82) is 0 Å². The number of fused-ring (bicyclic) bond motifs is 1. The lowest BCUT2D eigenvalue weighted by Gasteiger charge is -2.56. The van der Waals surface area contributed by atoms with Gasteiger partial charge in [-0.25, -0.2) is 4.98 Å². The molecular formula is C24H34N4O2+2. The van der Waals surface area contributed by atoms with Gasteiger partial charge in [0.25, 0.3) is 0 Å². The summed E-state index contributed by atoms with van der Waals surface area (Å²) in [5.74, 6) is 3.16. The third-order valence-electron chi connectivity index (χ3n) is 8.40. The Morgan fingerprint density at radius 2 is 1.80 bits per heavy atom. The van der Waals surface area contributed by atoms with Crippen molar-refractivity contribution >= 4 is 11.4 Å². The molecule has 4 bridgehead atoms. The number of aromatic nitrogens is 2. The number of nitrogens with zero attached hydrogens (tertiary/aromatic N) is 1. The molecule has 7 rings (SSSR count). The molecule has 1 saturated heterocycles. The third-order valence-corrected chi connectivity index (χ3v) is 8.40. The van der Waals surface area contributed by atoms with Gasteiger partial charge in [-0.05, 0) is 68.4 Å². The molecule has 2 aromatic rings. The lowest BCUT2D eigenvalue weighted by molar-refractivity contribution is -0.919. The summed E-state index contributed by atoms with van der Waals surface area (Å²) in [4.78, 5) is 18.5. The Hall–Kier alpha value is -1.92. The molecule has 0 aromatic carbocycles. The number of rotatable bonds is 4. The van der Waals surface area contributed by atoms with E-state index in [1.807, 2.05) is 22.7 Å². The average Bonchev–Trinajstić information content (AvgIpc) is 3.07. The zero-order valence-corrected chi connectivity index (χ0v) is 17.7. The van der Waals surface area contributed by atoms with E-state index in [2.05, 4.69) is 16.4 Å². The van der Waals surface area contributed by atoms with Gasteiger partial charge >= 0.3 is 11.7 Å². The van der Waals surface area contributed by atoms with Crippen LogP contribution in [0, 0.1) is 17.8 Å². The second kappa shape index (κ2) is 7.06. The molecule has 5 aliphatic rings. The Kier molecular flexibility index (Phi) is 4.43. The summed E-state index contributed by atoms with van der Waals surface area (Å²) < 4.78 is 2.03. The molecule has 30 heavy (non-hydrogen) atoms. The van der Waals surface area contributed by atoms with Gasteiger partial charge in [0.05, 0.1) is 25.4 Å². The minimum atomic E-state index is -0.148. The highest BCUT2D eigenvalue weighted by Crippen LogP contribution is 2.55. The Bertz CT molecular complexity index is 924. The van der Waals surface area contributed by atoms with Crippen LogP contribution in [0.5, 0.6) is 0 Å². The predicted octanol–water partition coefficient (Wildman–Crippen LogP) is 0.992. The van der Waals surface area contributed by atoms with Crippen molar-refractivity contribution in [2.45, 2.75) is 69.6 Å². The van der Waals surface area contributed by atoms with Crippen LogP contribution in [-0.2, 0) is 6.54 Å². The summed E-state index contributed by atoms with van der Waals surface area (Å²) >= 11 is 0. The van der Waals surface area contributed by atoms with Crippen molar-refractivity contribution in [3.8, 4) is 0 Å². The Balaban J connectivity index is 1.26. The molecule has 1 amide bonds. The minimum Gasteiger partial charge on any atom is -0.393 e. The number of hydrogen-bond donors (Lipinski definition) is 4. The number of nitrogens with one attached hydrogen (secondary N) is 3. The Morgan fingerprint density at radius 3 is 2.47 bits per heavy atom. The molecule has 5 fully saturated rings. The van der Waals surface area contributed by atoms with Crippen LogP contribution < -0.4 is 14.6 Å². The first-order valence-electron chi connectivity index (χ1n) is 11.9. The lowest BCUT2D eigenvalue weighted by Crippen LogP contribution is -3.12. The first-order valence-corrected chi connectivity index (χ1v) is 11.9. The van der Waals surface area contributed by atoms with E-state index in [0.29, 0.717) is 5.82 Å². The number of carbonyl (C=O) groups excluding carboxylic acids is 1. The van der Waals surface area contributed by atoms with Crippen molar-refractivity contribution < 1.29 is 19.2 Å². The minimum absolute atomic E-state index is 0.0209. The van der Waals surface area contributed by atoms with Gasteiger partial charge in [0.1, 0.15) is 6.54 Å². The Morgan fingerprint density at radius 1 is 1.13 bits per heavy atom. The molecule has 6 nitrogen and oxygen atoms in total. The molecule has 160 valence electrons. The monoisotopic (exact) mass is 410 g/mol. The smallest absolute Gasteiger partial charge is 0.351 e. The molecule has 0 atom stereocenters. The summed E-state index contributed by atoms with van der Waals surface area (Å²) in [5.41, 5.74) is 2.23. The third kappa shape index (κ3) is 3.25. The number of amides is 1. The van der Waals surface area contributed by atoms with E-state index in [1.165, 1.54) is 43.4 Å². The van der Waals surface area contributed by atoms with Gasteiger partial charge in [-0.3, -0.25) is 4.79 Å². The second-order valence-corrected chi connectivity index (χ2v) is 10.7. The molecule has 6 heteroatoms. The molecule has 0 spiro atoms. The summed E-state index contributed by atoms with van der Waals surface area (Å²) in [6.07, 6.45) is 11.2. The summed E-state index contributed by atoms with van der Waals surface area (Å²) in [6.45, 7) is 2.83. The molecule has 0 radical (unpaired) electrons. The molecular weight excluding hydrogens is 376 g/mol. The predicted molar refractivity (Wildman–Crippen MR) is 112 cm³/mol. The Labute approximate surface area is 177 Å². The maximum Gasteiger partial charge on any atom is 0.351 e. The van der Waals surface area contributed by atoms with Gasteiger partial charge in [0.2, 0.25) is 5.69 Å². The van der Waals surface area contributed by atoms with E-state index in [-0.39, 0.29) is 17.6 Å². The summed E-state index contributed by atoms with van der Waals surface area (Å²) in [6, 6.07) is 6.14. The highest BCUT2D eigenvalue weighted by molar-refractivity contribution is 5.90. The first-order chi connectivity index (χ1) is 14.6. The number of H-pyrrole nitrogens is 1. The van der Waals surface area contributed by atoms with Crippen molar-refractivity contribution in [1.82, 2.24) is 10.3 Å². The van der Waals surface area contributed by atoms with E-state index < -0.39 is 0 Å². The summed E-state index contributed by atoms with van der Waals surface area (Å²) in [5, 5.41) is 13.3. The maximum atomic E-state index is 13.5. The van der Waals surface area contributed by atoms with Gasteiger partial charge < -0.3 is 15.3 Å². The van der Waals surface area contributed by atoms with Gasteiger partial charge in [0.15, 0.2) is 5.52 Å². The standard InChI is InChI=1S/C24H32N4O2/c29-19-4-7-27(8-5-19)15-20-21-3-1-2-6-28(21)22(25-20)23(30)26-24-12-16-9-17(13-24)11-18(10-16)14-24/h1-3,6,16-19,29H,4-5,7-15H2,(H,26,30)/p+2. The number of piperidine rings is 1. The van der Waals surface area contributed by atoms with E-state index in [1.54, 1.807) is 0 Å². The van der Waals surface area contributed by atoms with Crippen LogP contribution in [0.1, 0.15) is 67.7 Å². The van der Waals surface area contributed by atoms with Crippen LogP contribution in [0.2, 0.25) is 0 Å². The highest BCUT2D eigenvalue weighted by Gasteiger charge is 2.52. The number of carbonyl (C=O) groups is 1. The summed E-state index contributed by atoms with van der Waals surface area (Å²) in [7, 11) is 0. The molecule has 0 unspecified atom stereocenters. The van der Waals surface area contributed by atoms with Crippen molar-refractivity contribution in [3.63, 3.8) is 0 Å². The number of pyridine rings is 1. The second-order valence-electron chi connectivity index (χ2n) is 10.7. The quantitative estimate of drug-likeness (QED) is 0.568. The molecule has 4 saturated carbocycles. The number of imidazole rings is 1. The first kappa shape index (κ1) is 18.8. The average molecular weight is 411 g/mol. The van der Waals surface area contributed by atoms with Crippen LogP contribution in [0.3, 0.4) is 0 Å². The van der Waals surface area contributed by atoms with Crippen LogP contribution in [0.15, 0.2) is 24.4 Å². The number of hydrogen-bond acceptors (Lipinski definition) is 2. The van der Waals surface area contributed by atoms with Gasteiger partial charge in [-0.15, -0.1) is 0 Å². The van der Waals surface area contributed by atoms with Crippen LogP contribution in [0.25, 0.3) is 5.52 Å². The normalized spacial score (nSPS) is 37.6. The maximum absolute atomic E-state index is 13.5. The van der Waals surface area contributed by atoms with Crippen LogP contribution in [-0.4, -0.2) is 40.7 Å². The SMILES string of the molecule is O=C(NC12CC3CC(CC(C3)C1)C2)c1[nH]c(C[NH+]2CCC(O)CC2)c2cccc[n+]12. The number of aromatic amines is 1. The number of likely N-dealkylation sites (tertiary alicyclic amines) is 1. The fraction of sp³-hybridized carbons (Fsp3) is 0.667. The van der Waals surface area contributed by atoms with E-state index in [4.69, 9.17) is 0 Å². The molecule has 4 aliphatic carbocycles. The fourth-order valence-electron chi connectivity index (χ4n) is 7.45. The molecule has 2 aromatic heterocycles. The number of aliphatic hydroxyl groups excluding tert-OH is 1. The zero-order valence-electron chi connectivity index (χ0n) is 17.7. The fourth-order valence-corrected chi connectivity index (χ4v) is 7.45. The topological polar surface area (TPSA) is 73.7 Å². The molecule has 1 aliphatic heterocycles. The van der Waals surface area contributed by atoms with E-state index >= 15 is 0 Å². The van der Waals surface area contributed by atoms with E-state index in [0.717, 1.165) is 61.4 Å². The van der Waals surface area contributed by atoms with Gasteiger partial charge in [0, 0.05) is 18.4 Å². The molecule has 3 heterocycles. The number of quaternary nitrogens is 1. The highest BCUT2D eigenvalue weighted by atomic mass is 16.3. The van der Waals surface area contributed by atoms with Gasteiger partial charge in [-0.2, -0.15) is 4.40 Å². The van der Waals surface area contributed by atoms with Crippen LogP contribution >= 0.6 is 0 Å². The zero-order chi connectivity index (χ0) is 20.3. The molecule has 4 N–H and O–H groups in total. The largest absolute Gasteiger partial charge is 0.393 e. The van der Waals surface area contributed by atoms with Crippen molar-refractivity contribution in [2.75, 3.05) is 13.1 Å². The number of aliphatic hydroxyl groups is 1.